The second-order valence-electron chi connectivity index (χ2n) is 4.41. The Morgan fingerprint density at radius 2 is 1.67 bits per heavy atom. The van der Waals surface area contributed by atoms with Gasteiger partial charge in [-0.1, -0.05) is 42.5 Å². The molecule has 18 heavy (non-hydrogen) atoms. The highest BCUT2D eigenvalue weighted by atomic mass is 32.1. The van der Waals surface area contributed by atoms with Gasteiger partial charge in [-0.2, -0.15) is 0 Å². The zero-order valence-corrected chi connectivity index (χ0v) is 10.4. The van der Waals surface area contributed by atoms with E-state index in [1.54, 1.807) is 11.3 Å². The third-order valence-electron chi connectivity index (χ3n) is 3.17. The molecule has 1 fully saturated rings. The van der Waals surface area contributed by atoms with Crippen LogP contribution in [0.5, 0.6) is 0 Å². The Labute approximate surface area is 109 Å². The Morgan fingerprint density at radius 3 is 2.50 bits per heavy atom. The molecule has 0 spiro atoms. The summed E-state index contributed by atoms with van der Waals surface area (Å²) in [6, 6.07) is 18.6. The van der Waals surface area contributed by atoms with Crippen LogP contribution in [0.2, 0.25) is 0 Å². The van der Waals surface area contributed by atoms with Gasteiger partial charge in [-0.15, -0.1) is 11.3 Å². The normalized spacial score (nSPS) is 22.2. The fraction of sp³-hybridized carbons (Fsp3) is 0.133. The van der Waals surface area contributed by atoms with Crippen LogP contribution in [0.4, 0.5) is 0 Å². The number of benzene rings is 2. The first-order valence-electron chi connectivity index (χ1n) is 5.98. The minimum atomic E-state index is 0.143. The first-order valence-corrected chi connectivity index (χ1v) is 6.79. The fourth-order valence-electron chi connectivity index (χ4n) is 2.21. The molecule has 88 valence electrons. The van der Waals surface area contributed by atoms with Gasteiger partial charge in [-0.3, -0.25) is 0 Å². The molecule has 0 aliphatic carbocycles. The molecule has 0 N–H and O–H groups in total. The molecule has 4 rings (SSSR count). The summed E-state index contributed by atoms with van der Waals surface area (Å²) in [5.41, 5.74) is 2.31. The molecular formula is C15H11NOS. The highest BCUT2D eigenvalue weighted by molar-refractivity contribution is 7.18. The van der Waals surface area contributed by atoms with Gasteiger partial charge in [0, 0.05) is 0 Å². The van der Waals surface area contributed by atoms with Gasteiger partial charge in [0.05, 0.1) is 10.2 Å². The molecule has 3 heteroatoms. The van der Waals surface area contributed by atoms with Crippen molar-refractivity contribution in [3.8, 4) is 0 Å². The SMILES string of the molecule is c1ccc([C@@H]2O[C@H]2c2nc3ccccc3s2)cc1. The van der Waals surface area contributed by atoms with E-state index in [2.05, 4.69) is 29.2 Å². The second kappa shape index (κ2) is 3.90. The van der Waals surface area contributed by atoms with Gasteiger partial charge < -0.3 is 4.74 Å². The zero-order chi connectivity index (χ0) is 11.9. The molecule has 0 bridgehead atoms. The second-order valence-corrected chi connectivity index (χ2v) is 5.47. The van der Waals surface area contributed by atoms with Crippen LogP contribution >= 0.6 is 11.3 Å². The van der Waals surface area contributed by atoms with Crippen molar-refractivity contribution in [3.63, 3.8) is 0 Å². The maximum Gasteiger partial charge on any atom is 0.140 e. The van der Waals surface area contributed by atoms with Gasteiger partial charge in [0.15, 0.2) is 0 Å². The Morgan fingerprint density at radius 1 is 0.889 bits per heavy atom. The molecule has 2 heterocycles. The molecule has 1 aliphatic heterocycles. The number of hydrogen-bond acceptors (Lipinski definition) is 3. The molecular weight excluding hydrogens is 242 g/mol. The highest BCUT2D eigenvalue weighted by Gasteiger charge is 2.43. The van der Waals surface area contributed by atoms with Crippen molar-refractivity contribution in [3.05, 3.63) is 65.2 Å². The average molecular weight is 253 g/mol. The molecule has 0 radical (unpaired) electrons. The van der Waals surface area contributed by atoms with Crippen LogP contribution in [0, 0.1) is 0 Å². The summed E-state index contributed by atoms with van der Waals surface area (Å²) in [6.07, 6.45) is 0.330. The third kappa shape index (κ3) is 1.64. The fourth-order valence-corrected chi connectivity index (χ4v) is 3.24. The number of nitrogens with zero attached hydrogens (tertiary/aromatic N) is 1. The van der Waals surface area contributed by atoms with Crippen molar-refractivity contribution in [1.29, 1.82) is 0 Å². The van der Waals surface area contributed by atoms with E-state index >= 15 is 0 Å². The summed E-state index contributed by atoms with van der Waals surface area (Å²) in [5, 5.41) is 1.09. The van der Waals surface area contributed by atoms with E-state index < -0.39 is 0 Å². The number of thiazole rings is 1. The van der Waals surface area contributed by atoms with Crippen molar-refractivity contribution in [2.75, 3.05) is 0 Å². The lowest BCUT2D eigenvalue weighted by molar-refractivity contribution is 0.377. The predicted molar refractivity (Wildman–Crippen MR) is 72.6 cm³/mol. The van der Waals surface area contributed by atoms with Crippen molar-refractivity contribution in [2.45, 2.75) is 12.2 Å². The van der Waals surface area contributed by atoms with E-state index in [1.165, 1.54) is 10.3 Å². The van der Waals surface area contributed by atoms with Gasteiger partial charge in [0.2, 0.25) is 0 Å². The van der Waals surface area contributed by atoms with Crippen molar-refractivity contribution >= 4 is 21.6 Å². The molecule has 1 aromatic heterocycles. The van der Waals surface area contributed by atoms with E-state index in [-0.39, 0.29) is 12.2 Å². The standard InChI is InChI=1S/C15H11NOS/c1-2-6-10(7-3-1)13-14(17-13)15-16-11-8-4-5-9-12(11)18-15/h1-9,13-14H/t13-,14+/m0/s1. The molecule has 2 aromatic carbocycles. The summed E-state index contributed by atoms with van der Waals surface area (Å²) in [4.78, 5) is 4.64. The Hall–Kier alpha value is -1.71. The smallest absolute Gasteiger partial charge is 0.140 e. The summed E-state index contributed by atoms with van der Waals surface area (Å²) in [7, 11) is 0. The van der Waals surface area contributed by atoms with E-state index in [0.29, 0.717) is 0 Å². The van der Waals surface area contributed by atoms with Gasteiger partial charge in [-0.05, 0) is 17.7 Å². The summed E-state index contributed by atoms with van der Waals surface area (Å²) in [5.74, 6) is 0. The van der Waals surface area contributed by atoms with E-state index in [0.717, 1.165) is 10.5 Å². The lowest BCUT2D eigenvalue weighted by Crippen LogP contribution is -1.82. The molecule has 0 unspecified atom stereocenters. The van der Waals surface area contributed by atoms with Crippen molar-refractivity contribution in [1.82, 2.24) is 4.98 Å². The van der Waals surface area contributed by atoms with Gasteiger partial charge in [-0.25, -0.2) is 4.98 Å². The molecule has 3 aromatic rings. The van der Waals surface area contributed by atoms with Crippen LogP contribution in [-0.2, 0) is 4.74 Å². The first kappa shape index (κ1) is 10.2. The third-order valence-corrected chi connectivity index (χ3v) is 4.27. The largest absolute Gasteiger partial charge is 0.357 e. The number of hydrogen-bond donors (Lipinski definition) is 0. The van der Waals surface area contributed by atoms with Gasteiger partial charge in [0.25, 0.3) is 0 Å². The van der Waals surface area contributed by atoms with Crippen LogP contribution in [-0.4, -0.2) is 4.98 Å². The number of rotatable bonds is 2. The zero-order valence-electron chi connectivity index (χ0n) is 9.61. The lowest BCUT2D eigenvalue weighted by Gasteiger charge is -1.92. The molecule has 1 saturated heterocycles. The first-order chi connectivity index (χ1) is 8.92. The topological polar surface area (TPSA) is 25.4 Å². The summed E-state index contributed by atoms with van der Waals surface area (Å²) in [6.45, 7) is 0. The van der Waals surface area contributed by atoms with Crippen LogP contribution in [0.3, 0.4) is 0 Å². The maximum absolute atomic E-state index is 5.77. The summed E-state index contributed by atoms with van der Waals surface area (Å²) >= 11 is 1.73. The number of para-hydroxylation sites is 1. The van der Waals surface area contributed by atoms with Gasteiger partial charge >= 0.3 is 0 Å². The Kier molecular flexibility index (Phi) is 2.22. The average Bonchev–Trinajstić information content (AvgIpc) is 3.12. The predicted octanol–water partition coefficient (Wildman–Crippen LogP) is 4.11. The molecule has 0 amide bonds. The quantitative estimate of drug-likeness (QED) is 0.642. The van der Waals surface area contributed by atoms with E-state index in [4.69, 9.17) is 4.74 Å². The Bertz CT molecular complexity index is 659. The van der Waals surface area contributed by atoms with Crippen molar-refractivity contribution in [2.24, 2.45) is 0 Å². The Balaban J connectivity index is 1.66. The minimum Gasteiger partial charge on any atom is -0.357 e. The van der Waals surface area contributed by atoms with E-state index in [1.807, 2.05) is 30.3 Å². The molecule has 2 nitrogen and oxygen atoms in total. The molecule has 0 saturated carbocycles. The van der Waals surface area contributed by atoms with Crippen LogP contribution in [0.25, 0.3) is 10.2 Å². The van der Waals surface area contributed by atoms with Crippen LogP contribution in [0.15, 0.2) is 54.6 Å². The number of aromatic nitrogens is 1. The lowest BCUT2D eigenvalue weighted by atomic mass is 10.1. The van der Waals surface area contributed by atoms with Crippen LogP contribution in [0.1, 0.15) is 22.8 Å². The maximum atomic E-state index is 5.77. The highest BCUT2D eigenvalue weighted by Crippen LogP contribution is 2.52. The minimum absolute atomic E-state index is 0.143. The van der Waals surface area contributed by atoms with E-state index in [9.17, 15) is 0 Å². The van der Waals surface area contributed by atoms with Gasteiger partial charge in [0.1, 0.15) is 17.2 Å². The molecule has 1 aliphatic rings. The number of ether oxygens (including phenoxy) is 1. The summed E-state index contributed by atoms with van der Waals surface area (Å²) < 4.78 is 7.00. The monoisotopic (exact) mass is 253 g/mol. The molecule has 2 atom stereocenters. The number of fused-ring (bicyclic) bond motifs is 1. The van der Waals surface area contributed by atoms with Crippen LogP contribution < -0.4 is 0 Å². The van der Waals surface area contributed by atoms with Crippen molar-refractivity contribution < 1.29 is 4.74 Å². The number of epoxide rings is 1.